The zero-order valence-electron chi connectivity index (χ0n) is 7.19. The van der Waals surface area contributed by atoms with Gasteiger partial charge >= 0.3 is 0 Å². The fraction of sp³-hybridized carbons (Fsp3) is 1.00. The van der Waals surface area contributed by atoms with Gasteiger partial charge in [0.1, 0.15) is 0 Å². The molecule has 0 heteroatoms. The molecular formula is C10H18. The molecule has 2 saturated carbocycles. The Bertz CT molecular complexity index is 139. The van der Waals surface area contributed by atoms with Gasteiger partial charge in [0, 0.05) is 0 Å². The highest BCUT2D eigenvalue weighted by atomic mass is 14.5. The van der Waals surface area contributed by atoms with Crippen LogP contribution in [0.4, 0.5) is 0 Å². The second-order valence-electron chi connectivity index (χ2n) is 4.59. The van der Waals surface area contributed by atoms with Gasteiger partial charge in [0.2, 0.25) is 0 Å². The van der Waals surface area contributed by atoms with E-state index in [2.05, 4.69) is 13.8 Å². The number of hydrogen-bond donors (Lipinski definition) is 0. The maximum atomic E-state index is 2.50. The summed E-state index contributed by atoms with van der Waals surface area (Å²) in [5, 5.41) is 0. The fourth-order valence-corrected chi connectivity index (χ4v) is 3.15. The molecule has 2 aliphatic carbocycles. The van der Waals surface area contributed by atoms with E-state index in [4.69, 9.17) is 0 Å². The normalized spacial score (nSPS) is 52.2. The van der Waals surface area contributed by atoms with E-state index in [0.717, 1.165) is 17.3 Å². The summed E-state index contributed by atoms with van der Waals surface area (Å²) in [7, 11) is 0. The van der Waals surface area contributed by atoms with Crippen molar-refractivity contribution in [2.24, 2.45) is 17.3 Å². The quantitative estimate of drug-likeness (QED) is 0.522. The smallest absolute Gasteiger partial charge is 0.0297 e. The van der Waals surface area contributed by atoms with Crippen molar-refractivity contribution in [3.8, 4) is 0 Å². The monoisotopic (exact) mass is 138 g/mol. The van der Waals surface area contributed by atoms with Crippen LogP contribution in [0.1, 0.15) is 46.0 Å². The van der Waals surface area contributed by atoms with E-state index in [1.165, 1.54) is 19.3 Å². The summed E-state index contributed by atoms with van der Waals surface area (Å²) < 4.78 is 0. The summed E-state index contributed by atoms with van der Waals surface area (Å²) in [4.78, 5) is 0. The van der Waals surface area contributed by atoms with Crippen LogP contribution in [-0.2, 0) is 0 Å². The standard InChI is InChI=1S/C10H18/c1-3-10(2)7-8-4-5-9(10)6-8/h8-9H,3-7H2,1-2H3. The zero-order valence-corrected chi connectivity index (χ0v) is 7.19. The third-order valence-corrected chi connectivity index (χ3v) is 4.09. The Morgan fingerprint density at radius 1 is 1.40 bits per heavy atom. The van der Waals surface area contributed by atoms with Gasteiger partial charge in [0.15, 0.2) is 0 Å². The Morgan fingerprint density at radius 3 is 2.50 bits per heavy atom. The average Bonchev–Trinajstić information content (AvgIpc) is 2.46. The van der Waals surface area contributed by atoms with Crippen LogP contribution in [0.25, 0.3) is 0 Å². The molecular weight excluding hydrogens is 120 g/mol. The third kappa shape index (κ3) is 0.741. The second-order valence-corrected chi connectivity index (χ2v) is 4.59. The molecule has 0 aromatic heterocycles. The van der Waals surface area contributed by atoms with Crippen molar-refractivity contribution >= 4 is 0 Å². The molecule has 0 aliphatic heterocycles. The predicted molar refractivity (Wildman–Crippen MR) is 43.8 cm³/mol. The van der Waals surface area contributed by atoms with E-state index in [0.29, 0.717) is 0 Å². The predicted octanol–water partition coefficient (Wildman–Crippen LogP) is 3.22. The minimum atomic E-state index is 0.753. The minimum Gasteiger partial charge on any atom is -0.0649 e. The summed E-state index contributed by atoms with van der Waals surface area (Å²) >= 11 is 0. The molecule has 3 atom stereocenters. The van der Waals surface area contributed by atoms with Gasteiger partial charge < -0.3 is 0 Å². The molecule has 2 bridgehead atoms. The van der Waals surface area contributed by atoms with E-state index < -0.39 is 0 Å². The van der Waals surface area contributed by atoms with Crippen molar-refractivity contribution in [2.45, 2.75) is 46.0 Å². The molecule has 0 amide bonds. The Balaban J connectivity index is 2.14. The topological polar surface area (TPSA) is 0 Å². The van der Waals surface area contributed by atoms with Crippen molar-refractivity contribution in [3.05, 3.63) is 0 Å². The lowest BCUT2D eigenvalue weighted by Crippen LogP contribution is -2.22. The first-order valence-corrected chi connectivity index (χ1v) is 4.74. The molecule has 0 heterocycles. The maximum absolute atomic E-state index is 2.50. The summed E-state index contributed by atoms with van der Waals surface area (Å²) in [5.41, 5.74) is 0.753. The third-order valence-electron chi connectivity index (χ3n) is 4.09. The molecule has 2 aliphatic rings. The van der Waals surface area contributed by atoms with Crippen molar-refractivity contribution in [2.75, 3.05) is 0 Å². The molecule has 2 rings (SSSR count). The first kappa shape index (κ1) is 6.69. The minimum absolute atomic E-state index is 0.753. The molecule has 58 valence electrons. The van der Waals surface area contributed by atoms with Crippen molar-refractivity contribution in [1.29, 1.82) is 0 Å². The molecule has 0 saturated heterocycles. The van der Waals surface area contributed by atoms with Crippen LogP contribution >= 0.6 is 0 Å². The lowest BCUT2D eigenvalue weighted by Gasteiger charge is -2.32. The van der Waals surface area contributed by atoms with Gasteiger partial charge in [0.25, 0.3) is 0 Å². The molecule has 0 spiro atoms. The SMILES string of the molecule is CCC1(C)CC2CCC1C2. The van der Waals surface area contributed by atoms with E-state index in [9.17, 15) is 0 Å². The Hall–Kier alpha value is 0. The van der Waals surface area contributed by atoms with Crippen molar-refractivity contribution < 1.29 is 0 Å². The second kappa shape index (κ2) is 1.99. The van der Waals surface area contributed by atoms with E-state index >= 15 is 0 Å². The van der Waals surface area contributed by atoms with Crippen LogP contribution in [-0.4, -0.2) is 0 Å². The van der Waals surface area contributed by atoms with Crippen LogP contribution in [0.5, 0.6) is 0 Å². The summed E-state index contributed by atoms with van der Waals surface area (Å²) in [6.07, 6.45) is 7.59. The number of rotatable bonds is 1. The fourth-order valence-electron chi connectivity index (χ4n) is 3.15. The highest BCUT2D eigenvalue weighted by molar-refractivity contribution is 4.96. The van der Waals surface area contributed by atoms with Crippen LogP contribution in [0.2, 0.25) is 0 Å². The molecule has 0 aromatic carbocycles. The molecule has 0 aromatic rings. The molecule has 2 fully saturated rings. The highest BCUT2D eigenvalue weighted by Crippen LogP contribution is 2.57. The Morgan fingerprint density at radius 2 is 2.20 bits per heavy atom. The Kier molecular flexibility index (Phi) is 1.33. The zero-order chi connectivity index (χ0) is 7.19. The highest BCUT2D eigenvalue weighted by Gasteiger charge is 2.46. The lowest BCUT2D eigenvalue weighted by molar-refractivity contribution is 0.182. The summed E-state index contributed by atoms with van der Waals surface area (Å²) in [6, 6.07) is 0. The van der Waals surface area contributed by atoms with Crippen molar-refractivity contribution in [1.82, 2.24) is 0 Å². The first-order valence-electron chi connectivity index (χ1n) is 4.74. The first-order chi connectivity index (χ1) is 4.74. The van der Waals surface area contributed by atoms with Gasteiger partial charge in [0.05, 0.1) is 0 Å². The summed E-state index contributed by atoms with van der Waals surface area (Å²) in [6.45, 7) is 4.86. The van der Waals surface area contributed by atoms with Gasteiger partial charge in [-0.25, -0.2) is 0 Å². The van der Waals surface area contributed by atoms with Gasteiger partial charge in [-0.3, -0.25) is 0 Å². The van der Waals surface area contributed by atoms with E-state index in [1.807, 2.05) is 0 Å². The van der Waals surface area contributed by atoms with E-state index in [1.54, 1.807) is 12.8 Å². The summed E-state index contributed by atoms with van der Waals surface area (Å²) in [5.74, 6) is 2.22. The van der Waals surface area contributed by atoms with Gasteiger partial charge in [-0.05, 0) is 36.5 Å². The van der Waals surface area contributed by atoms with Crippen LogP contribution < -0.4 is 0 Å². The van der Waals surface area contributed by atoms with E-state index in [-0.39, 0.29) is 0 Å². The van der Waals surface area contributed by atoms with Gasteiger partial charge in [-0.1, -0.05) is 26.7 Å². The number of hydrogen-bond acceptors (Lipinski definition) is 0. The molecule has 10 heavy (non-hydrogen) atoms. The lowest BCUT2D eigenvalue weighted by atomic mass is 9.73. The number of fused-ring (bicyclic) bond motifs is 2. The van der Waals surface area contributed by atoms with Gasteiger partial charge in [-0.2, -0.15) is 0 Å². The molecule has 0 radical (unpaired) electrons. The van der Waals surface area contributed by atoms with Gasteiger partial charge in [-0.15, -0.1) is 0 Å². The average molecular weight is 138 g/mol. The molecule has 0 N–H and O–H groups in total. The molecule has 3 unspecified atom stereocenters. The maximum Gasteiger partial charge on any atom is -0.0297 e. The van der Waals surface area contributed by atoms with Crippen molar-refractivity contribution in [3.63, 3.8) is 0 Å². The van der Waals surface area contributed by atoms with Crippen LogP contribution in [0.15, 0.2) is 0 Å². The Labute approximate surface area is 64.0 Å². The molecule has 0 nitrogen and oxygen atoms in total. The van der Waals surface area contributed by atoms with Crippen LogP contribution in [0.3, 0.4) is 0 Å². The largest absolute Gasteiger partial charge is 0.0649 e. The van der Waals surface area contributed by atoms with Crippen LogP contribution in [0, 0.1) is 17.3 Å².